The lowest BCUT2D eigenvalue weighted by molar-refractivity contribution is -0.138. The van der Waals surface area contributed by atoms with Crippen molar-refractivity contribution in [1.29, 1.82) is 5.41 Å². The van der Waals surface area contributed by atoms with Gasteiger partial charge in [-0.05, 0) is 48.5 Å². The normalized spacial score (nSPS) is 14.7. The van der Waals surface area contributed by atoms with E-state index < -0.39 is 17.6 Å². The molecule has 0 radical (unpaired) electrons. The molecule has 8 nitrogen and oxygen atoms in total. The van der Waals surface area contributed by atoms with Crippen LogP contribution < -0.4 is 15.8 Å². The second-order valence-corrected chi connectivity index (χ2v) is 9.15. The molecule has 1 aliphatic rings. The predicted molar refractivity (Wildman–Crippen MR) is 140 cm³/mol. The number of pyridine rings is 1. The number of hydrogen-bond donors (Lipinski definition) is 3. The third-order valence-electron chi connectivity index (χ3n) is 6.35. The number of rotatable bonds is 8. The summed E-state index contributed by atoms with van der Waals surface area (Å²) in [5.74, 6) is 0.104. The average Bonchev–Trinajstić information content (AvgIpc) is 2.89. The molecule has 3 aromatic rings. The SMILES string of the molecule is CN1CCN(Cc2ccc(NC(=O)COc3ccc(-c4cnc(N)c(C=N)c4)cc3)cc2C(F)(F)F)CC1. The summed E-state index contributed by atoms with van der Waals surface area (Å²) >= 11 is 0. The van der Waals surface area contributed by atoms with Gasteiger partial charge in [0.15, 0.2) is 6.61 Å². The van der Waals surface area contributed by atoms with Crippen molar-refractivity contribution >= 4 is 23.6 Å². The molecule has 2 aromatic carbocycles. The Labute approximate surface area is 218 Å². The van der Waals surface area contributed by atoms with Crippen molar-refractivity contribution in [3.63, 3.8) is 0 Å². The van der Waals surface area contributed by atoms with E-state index in [0.717, 1.165) is 36.5 Å². The minimum Gasteiger partial charge on any atom is -0.484 e. The standard InChI is InChI=1S/C27H29F3N6O2/c1-35-8-10-36(11-9-35)16-19-2-5-22(13-24(19)27(28,29)30)34-25(37)17-38-23-6-3-18(4-7-23)21-12-20(14-31)26(32)33-15-21/h2-7,12-15,31H,8-11,16-17H2,1H3,(H2,32,33)(H,34,37). The van der Waals surface area contributed by atoms with Crippen molar-refractivity contribution in [2.45, 2.75) is 12.7 Å². The van der Waals surface area contributed by atoms with Crippen molar-refractivity contribution < 1.29 is 22.7 Å². The smallest absolute Gasteiger partial charge is 0.416 e. The molecule has 38 heavy (non-hydrogen) atoms. The molecule has 4 rings (SSSR count). The van der Waals surface area contributed by atoms with Crippen LogP contribution in [-0.4, -0.2) is 66.7 Å². The van der Waals surface area contributed by atoms with E-state index in [1.54, 1.807) is 36.5 Å². The summed E-state index contributed by atoms with van der Waals surface area (Å²) < 4.78 is 46.9. The Kier molecular flexibility index (Phi) is 8.28. The van der Waals surface area contributed by atoms with Gasteiger partial charge < -0.3 is 26.1 Å². The van der Waals surface area contributed by atoms with Gasteiger partial charge >= 0.3 is 6.18 Å². The molecular formula is C27H29F3N6O2. The van der Waals surface area contributed by atoms with Crippen molar-refractivity contribution in [2.24, 2.45) is 0 Å². The molecule has 0 unspecified atom stereocenters. The minimum absolute atomic E-state index is 0.0567. The van der Waals surface area contributed by atoms with Crippen LogP contribution in [0.5, 0.6) is 5.75 Å². The molecule has 2 heterocycles. The quantitative estimate of drug-likeness (QED) is 0.382. The van der Waals surface area contributed by atoms with Crippen LogP contribution in [0.15, 0.2) is 54.7 Å². The average molecular weight is 527 g/mol. The number of aromatic nitrogens is 1. The summed E-state index contributed by atoms with van der Waals surface area (Å²) in [7, 11) is 1.99. The third-order valence-corrected chi connectivity index (χ3v) is 6.35. The molecule has 0 atom stereocenters. The van der Waals surface area contributed by atoms with Crippen LogP contribution in [0.25, 0.3) is 11.1 Å². The number of amides is 1. The lowest BCUT2D eigenvalue weighted by Crippen LogP contribution is -2.44. The lowest BCUT2D eigenvalue weighted by atomic mass is 10.0. The van der Waals surface area contributed by atoms with Gasteiger partial charge in [-0.15, -0.1) is 0 Å². The van der Waals surface area contributed by atoms with Gasteiger partial charge in [-0.3, -0.25) is 9.69 Å². The summed E-state index contributed by atoms with van der Waals surface area (Å²) in [6.45, 7) is 2.85. The van der Waals surface area contributed by atoms with Gasteiger partial charge in [0.25, 0.3) is 5.91 Å². The maximum atomic E-state index is 13.8. The highest BCUT2D eigenvalue weighted by Gasteiger charge is 2.34. The second kappa shape index (κ2) is 11.6. The van der Waals surface area contributed by atoms with Gasteiger partial charge in [0.1, 0.15) is 11.6 Å². The van der Waals surface area contributed by atoms with Gasteiger partial charge in [-0.25, -0.2) is 4.98 Å². The van der Waals surface area contributed by atoms with Gasteiger partial charge in [-0.1, -0.05) is 18.2 Å². The number of anilines is 2. The fourth-order valence-corrected chi connectivity index (χ4v) is 4.16. The maximum absolute atomic E-state index is 13.8. The van der Waals surface area contributed by atoms with Crippen LogP contribution in [0.4, 0.5) is 24.7 Å². The Balaban J connectivity index is 1.36. The highest BCUT2D eigenvalue weighted by molar-refractivity contribution is 5.92. The first kappa shape index (κ1) is 27.1. The molecule has 0 spiro atoms. The Bertz CT molecular complexity index is 1290. The topological polar surface area (TPSA) is 108 Å². The molecule has 1 fully saturated rings. The van der Waals surface area contributed by atoms with E-state index in [1.807, 2.05) is 11.9 Å². The fraction of sp³-hybridized carbons (Fsp3) is 0.296. The molecule has 200 valence electrons. The van der Waals surface area contributed by atoms with Crippen LogP contribution in [0.2, 0.25) is 0 Å². The molecule has 1 amide bonds. The summed E-state index contributed by atoms with van der Waals surface area (Å²) in [6, 6.07) is 12.5. The van der Waals surface area contributed by atoms with Crippen molar-refractivity contribution in [1.82, 2.24) is 14.8 Å². The molecule has 0 bridgehead atoms. The number of piperazine rings is 1. The Hall–Kier alpha value is -3.96. The number of nitrogen functional groups attached to an aromatic ring is 1. The van der Waals surface area contributed by atoms with E-state index in [-0.39, 0.29) is 30.2 Å². The number of nitrogens with zero attached hydrogens (tertiary/aromatic N) is 3. The maximum Gasteiger partial charge on any atom is 0.416 e. The fourth-order valence-electron chi connectivity index (χ4n) is 4.16. The molecule has 1 aromatic heterocycles. The summed E-state index contributed by atoms with van der Waals surface area (Å²) in [4.78, 5) is 20.6. The number of carbonyl (C=O) groups is 1. The highest BCUT2D eigenvalue weighted by atomic mass is 19.4. The number of alkyl halides is 3. The Morgan fingerprint density at radius 2 is 1.82 bits per heavy atom. The van der Waals surface area contributed by atoms with E-state index in [1.165, 1.54) is 12.1 Å². The second-order valence-electron chi connectivity index (χ2n) is 9.15. The monoisotopic (exact) mass is 526 g/mol. The van der Waals surface area contributed by atoms with Gasteiger partial charge in [-0.2, -0.15) is 13.2 Å². The van der Waals surface area contributed by atoms with Crippen LogP contribution in [-0.2, 0) is 17.5 Å². The van der Waals surface area contributed by atoms with E-state index in [9.17, 15) is 18.0 Å². The highest BCUT2D eigenvalue weighted by Crippen LogP contribution is 2.34. The van der Waals surface area contributed by atoms with Crippen LogP contribution in [0, 0.1) is 5.41 Å². The van der Waals surface area contributed by atoms with Crippen LogP contribution in [0.1, 0.15) is 16.7 Å². The minimum atomic E-state index is -4.54. The largest absolute Gasteiger partial charge is 0.484 e. The molecule has 0 aliphatic carbocycles. The van der Waals surface area contributed by atoms with E-state index in [2.05, 4.69) is 15.2 Å². The van der Waals surface area contributed by atoms with Crippen LogP contribution in [0.3, 0.4) is 0 Å². The zero-order valence-electron chi connectivity index (χ0n) is 20.9. The molecule has 1 saturated heterocycles. The first-order valence-corrected chi connectivity index (χ1v) is 12.0. The molecule has 1 aliphatic heterocycles. The molecular weight excluding hydrogens is 497 g/mol. The predicted octanol–water partition coefficient (Wildman–Crippen LogP) is 4.11. The van der Waals surface area contributed by atoms with Gasteiger partial charge in [0.05, 0.1) is 5.56 Å². The summed E-state index contributed by atoms with van der Waals surface area (Å²) in [6.07, 6.45) is -1.82. The van der Waals surface area contributed by atoms with Crippen molar-refractivity contribution in [2.75, 3.05) is 50.9 Å². The first-order valence-electron chi connectivity index (χ1n) is 12.0. The number of halogens is 3. The van der Waals surface area contributed by atoms with E-state index >= 15 is 0 Å². The zero-order chi connectivity index (χ0) is 27.3. The van der Waals surface area contributed by atoms with E-state index in [4.69, 9.17) is 15.9 Å². The Morgan fingerprint density at radius 3 is 2.47 bits per heavy atom. The number of carbonyl (C=O) groups excluding carboxylic acids is 1. The molecule has 0 saturated carbocycles. The van der Waals surface area contributed by atoms with Gasteiger partial charge in [0, 0.05) is 61.9 Å². The number of ether oxygens (including phenoxy) is 1. The first-order chi connectivity index (χ1) is 18.1. The molecule has 4 N–H and O–H groups in total. The summed E-state index contributed by atoms with van der Waals surface area (Å²) in [5, 5.41) is 9.89. The molecule has 11 heteroatoms. The van der Waals surface area contributed by atoms with Crippen LogP contribution >= 0.6 is 0 Å². The lowest BCUT2D eigenvalue weighted by Gasteiger charge is -2.33. The van der Waals surface area contributed by atoms with E-state index in [0.29, 0.717) is 24.4 Å². The number of likely N-dealkylation sites (N-methyl/N-ethyl adjacent to an activating group) is 1. The Morgan fingerprint density at radius 1 is 1.11 bits per heavy atom. The number of nitrogens with two attached hydrogens (primary N) is 1. The number of benzene rings is 2. The summed E-state index contributed by atoms with van der Waals surface area (Å²) in [5.41, 5.74) is 7.28. The third kappa shape index (κ3) is 6.87. The van der Waals surface area contributed by atoms with Gasteiger partial charge in [0.2, 0.25) is 0 Å². The van der Waals surface area contributed by atoms with Crippen molar-refractivity contribution in [3.8, 4) is 16.9 Å². The zero-order valence-corrected chi connectivity index (χ0v) is 20.9. The number of nitrogens with one attached hydrogen (secondary N) is 2. The number of hydrogen-bond acceptors (Lipinski definition) is 7. The van der Waals surface area contributed by atoms with Crippen molar-refractivity contribution in [3.05, 3.63) is 71.4 Å².